The molecule has 0 unspecified atom stereocenters. The van der Waals surface area contributed by atoms with Crippen molar-refractivity contribution in [3.05, 3.63) is 83.9 Å². The van der Waals surface area contributed by atoms with Crippen LogP contribution in [0.4, 0.5) is 0 Å². The van der Waals surface area contributed by atoms with Crippen LogP contribution in [0.5, 0.6) is 0 Å². The minimum absolute atomic E-state index is 0.311. The first-order valence-corrected chi connectivity index (χ1v) is 7.54. The predicted octanol–water partition coefficient (Wildman–Crippen LogP) is 5.25. The first-order valence-electron chi connectivity index (χ1n) is 7.54. The van der Waals surface area contributed by atoms with Crippen LogP contribution in [0.3, 0.4) is 0 Å². The molecule has 1 N–H and O–H groups in total. The Balaban J connectivity index is 1.86. The first-order chi connectivity index (χ1) is 10.3. The van der Waals surface area contributed by atoms with E-state index < -0.39 is 0 Å². The van der Waals surface area contributed by atoms with Crippen LogP contribution in [0.25, 0.3) is 10.8 Å². The van der Waals surface area contributed by atoms with E-state index in [1.165, 1.54) is 21.9 Å². The van der Waals surface area contributed by atoms with Gasteiger partial charge in [-0.15, -0.1) is 0 Å². The molecule has 3 aromatic rings. The molecule has 0 bridgehead atoms. The van der Waals surface area contributed by atoms with Gasteiger partial charge in [0.25, 0.3) is 0 Å². The van der Waals surface area contributed by atoms with E-state index in [4.69, 9.17) is 0 Å². The van der Waals surface area contributed by atoms with Gasteiger partial charge in [0.15, 0.2) is 0 Å². The minimum Gasteiger partial charge on any atom is -0.304 e. The highest BCUT2D eigenvalue weighted by Gasteiger charge is 2.12. The van der Waals surface area contributed by atoms with Gasteiger partial charge < -0.3 is 5.32 Å². The SMILES string of the molecule is C[C@H](N[C@@H](C)c1cccc2ccccc12)c1ccccc1. The molecule has 1 heteroatoms. The van der Waals surface area contributed by atoms with E-state index in [0.29, 0.717) is 12.1 Å². The monoisotopic (exact) mass is 275 g/mol. The Hall–Kier alpha value is -2.12. The van der Waals surface area contributed by atoms with Crippen LogP contribution in [0.1, 0.15) is 37.1 Å². The summed E-state index contributed by atoms with van der Waals surface area (Å²) in [5.41, 5.74) is 2.68. The highest BCUT2D eigenvalue weighted by molar-refractivity contribution is 5.86. The number of fused-ring (bicyclic) bond motifs is 1. The van der Waals surface area contributed by atoms with Crippen molar-refractivity contribution >= 4 is 10.8 Å². The van der Waals surface area contributed by atoms with Crippen molar-refractivity contribution in [3.8, 4) is 0 Å². The van der Waals surface area contributed by atoms with Crippen molar-refractivity contribution in [2.75, 3.05) is 0 Å². The largest absolute Gasteiger partial charge is 0.304 e. The average molecular weight is 275 g/mol. The van der Waals surface area contributed by atoms with Crippen LogP contribution in [0.2, 0.25) is 0 Å². The van der Waals surface area contributed by atoms with Gasteiger partial charge in [-0.25, -0.2) is 0 Å². The van der Waals surface area contributed by atoms with Crippen molar-refractivity contribution in [1.29, 1.82) is 0 Å². The Labute approximate surface area is 126 Å². The lowest BCUT2D eigenvalue weighted by Crippen LogP contribution is -2.22. The van der Waals surface area contributed by atoms with Gasteiger partial charge in [-0.2, -0.15) is 0 Å². The molecule has 0 heterocycles. The molecule has 0 amide bonds. The zero-order valence-electron chi connectivity index (χ0n) is 12.6. The van der Waals surface area contributed by atoms with Gasteiger partial charge in [0.1, 0.15) is 0 Å². The lowest BCUT2D eigenvalue weighted by atomic mass is 9.98. The number of rotatable bonds is 4. The van der Waals surface area contributed by atoms with Crippen LogP contribution in [0.15, 0.2) is 72.8 Å². The summed E-state index contributed by atoms with van der Waals surface area (Å²) >= 11 is 0. The van der Waals surface area contributed by atoms with Gasteiger partial charge in [-0.05, 0) is 35.7 Å². The molecule has 0 saturated carbocycles. The summed E-state index contributed by atoms with van der Waals surface area (Å²) < 4.78 is 0. The molecule has 0 aliphatic heterocycles. The molecule has 0 aliphatic carbocycles. The number of benzene rings is 3. The van der Waals surface area contributed by atoms with Gasteiger partial charge in [0, 0.05) is 12.1 Å². The lowest BCUT2D eigenvalue weighted by molar-refractivity contribution is 0.497. The van der Waals surface area contributed by atoms with E-state index in [1.807, 2.05) is 0 Å². The smallest absolute Gasteiger partial charge is 0.0303 e. The fourth-order valence-corrected chi connectivity index (χ4v) is 2.93. The average Bonchev–Trinajstić information content (AvgIpc) is 2.55. The quantitative estimate of drug-likeness (QED) is 0.685. The van der Waals surface area contributed by atoms with Gasteiger partial charge in [-0.1, -0.05) is 72.8 Å². The molecule has 0 aliphatic rings. The standard InChI is InChI=1S/C20H21N/c1-15(17-9-4-3-5-10-17)21-16(2)19-14-8-12-18-11-6-7-13-20(18)19/h3-16,21H,1-2H3/t15-,16-/m0/s1. The fourth-order valence-electron chi connectivity index (χ4n) is 2.93. The first kappa shape index (κ1) is 13.8. The Morgan fingerprint density at radius 1 is 0.667 bits per heavy atom. The highest BCUT2D eigenvalue weighted by Crippen LogP contribution is 2.26. The van der Waals surface area contributed by atoms with E-state index in [1.54, 1.807) is 0 Å². The van der Waals surface area contributed by atoms with Crippen LogP contribution >= 0.6 is 0 Å². The summed E-state index contributed by atoms with van der Waals surface area (Å²) in [4.78, 5) is 0. The molecule has 0 fully saturated rings. The highest BCUT2D eigenvalue weighted by atomic mass is 14.9. The molecule has 0 radical (unpaired) electrons. The summed E-state index contributed by atoms with van der Waals surface area (Å²) in [7, 11) is 0. The third-order valence-electron chi connectivity index (χ3n) is 4.09. The molecule has 0 spiro atoms. The summed E-state index contributed by atoms with van der Waals surface area (Å²) in [5, 5.41) is 6.34. The molecule has 106 valence electrons. The molecule has 2 atom stereocenters. The molecule has 3 aromatic carbocycles. The zero-order valence-corrected chi connectivity index (χ0v) is 12.6. The van der Waals surface area contributed by atoms with Crippen molar-refractivity contribution in [2.24, 2.45) is 0 Å². The van der Waals surface area contributed by atoms with Crippen LogP contribution in [0, 0.1) is 0 Å². The van der Waals surface area contributed by atoms with E-state index in [0.717, 1.165) is 0 Å². The minimum atomic E-state index is 0.311. The van der Waals surface area contributed by atoms with Crippen LogP contribution in [-0.4, -0.2) is 0 Å². The molecule has 3 rings (SSSR count). The predicted molar refractivity (Wildman–Crippen MR) is 90.4 cm³/mol. The summed E-state index contributed by atoms with van der Waals surface area (Å²) in [5.74, 6) is 0. The topological polar surface area (TPSA) is 12.0 Å². The summed E-state index contributed by atoms with van der Waals surface area (Å²) in [6, 6.07) is 26.4. The third kappa shape index (κ3) is 2.98. The Kier molecular flexibility index (Phi) is 4.03. The fraction of sp³-hybridized carbons (Fsp3) is 0.200. The van der Waals surface area contributed by atoms with E-state index in [2.05, 4.69) is 92.0 Å². The molecule has 1 nitrogen and oxygen atoms in total. The number of hydrogen-bond donors (Lipinski definition) is 1. The lowest BCUT2D eigenvalue weighted by Gasteiger charge is -2.22. The van der Waals surface area contributed by atoms with Crippen LogP contribution in [-0.2, 0) is 0 Å². The van der Waals surface area contributed by atoms with Crippen molar-refractivity contribution < 1.29 is 0 Å². The Morgan fingerprint density at radius 3 is 2.14 bits per heavy atom. The van der Waals surface area contributed by atoms with Gasteiger partial charge >= 0.3 is 0 Å². The second-order valence-corrected chi connectivity index (χ2v) is 5.59. The second kappa shape index (κ2) is 6.11. The van der Waals surface area contributed by atoms with Gasteiger partial charge in [-0.3, -0.25) is 0 Å². The number of nitrogens with one attached hydrogen (secondary N) is 1. The Morgan fingerprint density at radius 2 is 1.33 bits per heavy atom. The summed E-state index contributed by atoms with van der Waals surface area (Å²) in [6.07, 6.45) is 0. The van der Waals surface area contributed by atoms with Gasteiger partial charge in [0.2, 0.25) is 0 Å². The van der Waals surface area contributed by atoms with Crippen molar-refractivity contribution in [3.63, 3.8) is 0 Å². The molecular formula is C20H21N. The maximum Gasteiger partial charge on any atom is 0.0303 e. The van der Waals surface area contributed by atoms with Crippen molar-refractivity contribution in [2.45, 2.75) is 25.9 Å². The number of hydrogen-bond acceptors (Lipinski definition) is 1. The molecule has 21 heavy (non-hydrogen) atoms. The zero-order chi connectivity index (χ0) is 14.7. The molecule has 0 aromatic heterocycles. The van der Waals surface area contributed by atoms with Crippen LogP contribution < -0.4 is 5.32 Å². The van der Waals surface area contributed by atoms with E-state index in [9.17, 15) is 0 Å². The van der Waals surface area contributed by atoms with Gasteiger partial charge in [0.05, 0.1) is 0 Å². The maximum atomic E-state index is 3.70. The summed E-state index contributed by atoms with van der Waals surface area (Å²) in [6.45, 7) is 4.46. The normalized spacial score (nSPS) is 14.0. The maximum absolute atomic E-state index is 3.70. The molecule has 0 saturated heterocycles. The molecular weight excluding hydrogens is 254 g/mol. The van der Waals surface area contributed by atoms with Crippen molar-refractivity contribution in [1.82, 2.24) is 5.32 Å². The Bertz CT molecular complexity index is 713. The second-order valence-electron chi connectivity index (χ2n) is 5.59. The van der Waals surface area contributed by atoms with E-state index >= 15 is 0 Å². The van der Waals surface area contributed by atoms with E-state index in [-0.39, 0.29) is 0 Å². The third-order valence-corrected chi connectivity index (χ3v) is 4.09.